The first-order valence-corrected chi connectivity index (χ1v) is 44.0. The molecule has 5 fully saturated rings. The fraction of sp³-hybridized carbons (Fsp3) is 0.385. The van der Waals surface area contributed by atoms with Crippen molar-refractivity contribution in [3.05, 3.63) is 170 Å². The maximum absolute atomic E-state index is 13.0. The van der Waals surface area contributed by atoms with E-state index in [-0.39, 0.29) is 91.7 Å². The molecule has 2 saturated carbocycles. The Balaban J connectivity index is 0.000000118. The largest absolute Gasteiger partial charge is 0.391 e. The zero-order valence-corrected chi connectivity index (χ0v) is 74.1. The molecule has 19 heterocycles. The number of carbonyl (C=O) groups excluding carboxylic acids is 4. The number of hydrogen-bond acceptors (Lipinski definition) is 28. The molecule has 2 aliphatic carbocycles. The van der Waals surface area contributed by atoms with Gasteiger partial charge < -0.3 is 95.4 Å². The highest BCUT2D eigenvalue weighted by Crippen LogP contribution is 2.39. The summed E-state index contributed by atoms with van der Waals surface area (Å²) in [5.74, 6) is -1.34. The van der Waals surface area contributed by atoms with E-state index in [1.54, 1.807) is 47.9 Å². The standard InChI is InChI=1S/C25H30N8O3.2C22H25N7O3.C22H25N7O2/c1-26-20-13-19(30-33-21(14-28-24(20)33)25(35)29-18-4-5-22(18)34)17-15-32(23-16(17)3-2-6-27-23)8-7-31-9-11-36-12-10-31;2*1-12(2)28-9-14(13-5-4-6-24-20(13)28)15-7-16(23-3)21-25-8-18(29(21)27-15)22(31)26-17-10-32-11-19(17)30;1-12(2)28-11-14(13-5-4-8-24-20(13)28)16-9-17(23-3)21-25-10-18(29(21)27-16)22(31)26-15-6-7-19(15)30/h2-3,6,13-15,18,22,26,34H,4-5,7-12H2,1H3,(H,29,35);2*4-9,12,17,19,23,30H,10-11H2,1-3H3,(H,26,31);4-5,8-12,15,19,23,30H,6-7H2,1-3H3,(H,26,31)/t18-,22+;2*17-,19+;15-,19+/m0100/s1. The minimum atomic E-state index is -0.732. The molecule has 0 radical (unpaired) electrons. The van der Waals surface area contributed by atoms with Gasteiger partial charge in [0.05, 0.1) is 159 Å². The third kappa shape index (κ3) is 17.1. The number of pyridine rings is 4. The van der Waals surface area contributed by atoms with E-state index in [2.05, 4.69) is 160 Å². The highest BCUT2D eigenvalue weighted by atomic mass is 16.5. The van der Waals surface area contributed by atoms with Gasteiger partial charge in [-0.05, 0) is 140 Å². The highest BCUT2D eigenvalue weighted by Gasteiger charge is 2.36. The maximum atomic E-state index is 13.0. The van der Waals surface area contributed by atoms with Crippen molar-refractivity contribution in [2.24, 2.45) is 0 Å². The molecule has 3 aliphatic heterocycles. The van der Waals surface area contributed by atoms with Crippen molar-refractivity contribution >= 4 is 113 Å². The molecule has 0 bridgehead atoms. The van der Waals surface area contributed by atoms with Crippen LogP contribution in [0, 0.1) is 0 Å². The molecular formula is C91H105N29O11. The van der Waals surface area contributed by atoms with Crippen molar-refractivity contribution in [3.8, 4) is 45.0 Å². The second-order valence-electron chi connectivity index (χ2n) is 33.9. The Hall–Kier alpha value is -14.0. The zero-order valence-electron chi connectivity index (χ0n) is 74.1. The summed E-state index contributed by atoms with van der Waals surface area (Å²) in [5.41, 5.74) is 16.5. The molecule has 21 rings (SSSR count). The number of aliphatic hydroxyl groups excluding tert-OH is 4. The fourth-order valence-electron chi connectivity index (χ4n) is 17.0. The molecule has 0 spiro atoms. The van der Waals surface area contributed by atoms with E-state index in [9.17, 15) is 39.6 Å². The van der Waals surface area contributed by atoms with Gasteiger partial charge in [-0.3, -0.25) is 24.1 Å². The number of rotatable bonds is 22. The minimum Gasteiger partial charge on any atom is -0.391 e. The van der Waals surface area contributed by atoms with E-state index < -0.39 is 36.5 Å². The highest BCUT2D eigenvalue weighted by molar-refractivity contribution is 6.01. The Morgan fingerprint density at radius 2 is 0.672 bits per heavy atom. The van der Waals surface area contributed by atoms with Gasteiger partial charge in [0.1, 0.15) is 22.6 Å². The van der Waals surface area contributed by atoms with Gasteiger partial charge in [0, 0.05) is 166 Å². The molecule has 0 aromatic carbocycles. The molecule has 4 amide bonds. The lowest BCUT2D eigenvalue weighted by Gasteiger charge is -2.32. The van der Waals surface area contributed by atoms with E-state index >= 15 is 0 Å². The van der Waals surface area contributed by atoms with E-state index in [0.29, 0.717) is 69.6 Å². The van der Waals surface area contributed by atoms with Crippen LogP contribution in [0.15, 0.2) is 147 Å². The van der Waals surface area contributed by atoms with Gasteiger partial charge >= 0.3 is 0 Å². The number of imidazole rings is 4. The molecule has 5 aliphatic rings. The summed E-state index contributed by atoms with van der Waals surface area (Å²) in [5, 5.41) is 86.8. The average molecular weight is 1780 g/mol. The predicted molar refractivity (Wildman–Crippen MR) is 493 cm³/mol. The Labute approximate surface area is 750 Å². The first kappa shape index (κ1) is 87.7. The Morgan fingerprint density at radius 3 is 0.954 bits per heavy atom. The number of fused-ring (bicyclic) bond motifs is 8. The van der Waals surface area contributed by atoms with Crippen LogP contribution in [0.4, 0.5) is 22.7 Å². The van der Waals surface area contributed by atoms with Crippen LogP contribution in [-0.4, -0.2) is 282 Å². The quantitative estimate of drug-likeness (QED) is 0.0309. The Kier molecular flexibility index (Phi) is 24.9. The van der Waals surface area contributed by atoms with Crippen LogP contribution in [-0.2, 0) is 20.8 Å². The SMILES string of the molecule is CNc1cc(-c2cn(C(C)C)c3ncccc23)nn2c(C(=O)N[C@@H]3COC[C@@H]3O)cnc12.CNc1cc(-c2cn(C(C)C)c3ncccc23)nn2c(C(=O)N[C@H]3CC[C@H]3O)cnc12.CNc1cc(-c2cn(C(C)C)c3ncccc23)nn2c(C(=O)N[C@H]3COC[C@H]3O)cnc12.CNc1cc(-c2cn(CCN3CCOCC3)c3ncccc23)nn2c(C(=O)N[C@H]3CC[C@H]3O)cnc12. The number of aromatic nitrogens is 20. The summed E-state index contributed by atoms with van der Waals surface area (Å²) in [6.07, 6.45) is 21.9. The van der Waals surface area contributed by atoms with Gasteiger partial charge in [-0.15, -0.1) is 0 Å². The fourth-order valence-corrected chi connectivity index (χ4v) is 17.0. The van der Waals surface area contributed by atoms with Crippen LogP contribution >= 0.6 is 0 Å². The number of anilines is 4. The number of aliphatic hydroxyl groups is 4. The normalized spacial score (nSPS) is 19.1. The van der Waals surface area contributed by atoms with Crippen molar-refractivity contribution in [2.75, 3.05) is 109 Å². The summed E-state index contributed by atoms with van der Waals surface area (Å²) in [4.78, 5) is 90.2. The second-order valence-corrected chi connectivity index (χ2v) is 33.9. The van der Waals surface area contributed by atoms with Gasteiger partial charge in [0.25, 0.3) is 23.6 Å². The molecule has 8 atom stereocenters. The predicted octanol–water partition coefficient (Wildman–Crippen LogP) is 7.71. The Bertz CT molecular complexity index is 6750. The number of carbonyl (C=O) groups is 4. The van der Waals surface area contributed by atoms with Crippen LogP contribution < -0.4 is 42.5 Å². The summed E-state index contributed by atoms with van der Waals surface area (Å²) in [7, 11) is 7.25. The van der Waals surface area contributed by atoms with Gasteiger partial charge in [-0.2, -0.15) is 20.4 Å². The van der Waals surface area contributed by atoms with Gasteiger partial charge in [0.2, 0.25) is 0 Å². The van der Waals surface area contributed by atoms with Gasteiger partial charge in [0.15, 0.2) is 45.4 Å². The van der Waals surface area contributed by atoms with Gasteiger partial charge in [-0.1, -0.05) is 0 Å². The molecule has 16 aromatic heterocycles. The number of amides is 4. The zero-order chi connectivity index (χ0) is 91.2. The lowest BCUT2D eigenvalue weighted by molar-refractivity contribution is 0.0365. The van der Waals surface area contributed by atoms with Crippen LogP contribution in [0.3, 0.4) is 0 Å². The molecule has 12 N–H and O–H groups in total. The first-order chi connectivity index (χ1) is 63.5. The average Bonchev–Trinajstić information content (AvgIpc) is 1.57. The van der Waals surface area contributed by atoms with E-state index in [1.807, 2.05) is 99.3 Å². The molecule has 0 unspecified atom stereocenters. The first-order valence-electron chi connectivity index (χ1n) is 44.0. The van der Waals surface area contributed by atoms with Crippen molar-refractivity contribution in [1.82, 2.24) is 123 Å². The smallest absolute Gasteiger partial charge is 0.272 e. The van der Waals surface area contributed by atoms with E-state index in [4.69, 9.17) is 34.6 Å². The minimum absolute atomic E-state index is 0.207. The van der Waals surface area contributed by atoms with Crippen LogP contribution in [0.2, 0.25) is 0 Å². The van der Waals surface area contributed by atoms with Crippen LogP contribution in [0.5, 0.6) is 0 Å². The molecule has 40 nitrogen and oxygen atoms in total. The van der Waals surface area contributed by atoms with Crippen LogP contribution in [0.1, 0.15) is 127 Å². The lowest BCUT2D eigenvalue weighted by Crippen LogP contribution is -2.50. The molecule has 40 heteroatoms. The number of morpholine rings is 1. The molecule has 16 aromatic rings. The molecular weight excluding hydrogens is 1680 g/mol. The van der Waals surface area contributed by atoms with Crippen molar-refractivity contribution in [3.63, 3.8) is 0 Å². The monoisotopic (exact) mass is 1780 g/mol. The van der Waals surface area contributed by atoms with E-state index in [0.717, 1.165) is 141 Å². The summed E-state index contributed by atoms with van der Waals surface area (Å²) >= 11 is 0. The van der Waals surface area contributed by atoms with Crippen LogP contribution in [0.25, 0.3) is 112 Å². The van der Waals surface area contributed by atoms with E-state index in [1.165, 1.54) is 33.8 Å². The summed E-state index contributed by atoms with van der Waals surface area (Å²) in [6, 6.07) is 22.8. The number of nitrogens with zero attached hydrogens (tertiary/aromatic N) is 21. The lowest BCUT2D eigenvalue weighted by atomic mass is 9.89. The molecule has 3 saturated heterocycles. The van der Waals surface area contributed by atoms with Gasteiger partial charge in [-0.25, -0.2) is 57.9 Å². The Morgan fingerprint density at radius 1 is 0.366 bits per heavy atom. The molecule has 680 valence electrons. The number of ether oxygens (including phenoxy) is 3. The maximum Gasteiger partial charge on any atom is 0.272 e. The molecule has 131 heavy (non-hydrogen) atoms. The number of hydrogen-bond donors (Lipinski definition) is 12. The summed E-state index contributed by atoms with van der Waals surface area (Å²) < 4.78 is 30.7. The topological polar surface area (TPSA) is 468 Å². The second kappa shape index (κ2) is 37.2. The third-order valence-electron chi connectivity index (χ3n) is 24.7. The van der Waals surface area contributed by atoms with Crippen molar-refractivity contribution in [2.45, 2.75) is 140 Å². The van der Waals surface area contributed by atoms with Crippen molar-refractivity contribution in [1.29, 1.82) is 0 Å². The van der Waals surface area contributed by atoms with Crippen molar-refractivity contribution < 1.29 is 53.8 Å². The third-order valence-corrected chi connectivity index (χ3v) is 24.7. The summed E-state index contributed by atoms with van der Waals surface area (Å²) in [6.45, 7) is 18.7. The number of nitrogens with one attached hydrogen (secondary N) is 8.